The van der Waals surface area contributed by atoms with Gasteiger partial charge >= 0.3 is 0 Å². The van der Waals surface area contributed by atoms with Crippen LogP contribution in [-0.4, -0.2) is 15.1 Å². The molecule has 0 atom stereocenters. The molecule has 0 bridgehead atoms. The minimum absolute atomic E-state index is 0.217. The highest BCUT2D eigenvalue weighted by molar-refractivity contribution is 6.31. The first-order valence-electron chi connectivity index (χ1n) is 6.26. The molecule has 0 radical (unpaired) electrons. The number of aromatic hydroxyl groups is 1. The molecule has 2 rings (SSSR count). The number of rotatable bonds is 4. The molecule has 0 aliphatic heterocycles. The summed E-state index contributed by atoms with van der Waals surface area (Å²) in [5, 5.41) is 10.0. The van der Waals surface area contributed by atoms with Crippen LogP contribution in [0.1, 0.15) is 30.3 Å². The Morgan fingerprint density at radius 2 is 2.20 bits per heavy atom. The van der Waals surface area contributed by atoms with E-state index in [0.29, 0.717) is 17.8 Å². The SMILES string of the molecule is CCCc1c(O)nc(Cc2ccc(F)cc2Cl)[nH]c1=O. The van der Waals surface area contributed by atoms with Crippen LogP contribution in [0.3, 0.4) is 0 Å². The van der Waals surface area contributed by atoms with Crippen LogP contribution in [-0.2, 0) is 12.8 Å². The third-order valence-corrected chi connectivity index (χ3v) is 3.27. The van der Waals surface area contributed by atoms with E-state index in [1.807, 2.05) is 6.92 Å². The number of H-pyrrole nitrogens is 1. The Morgan fingerprint density at radius 3 is 2.80 bits per heavy atom. The first-order valence-corrected chi connectivity index (χ1v) is 6.64. The van der Waals surface area contributed by atoms with Gasteiger partial charge in [0.05, 0.1) is 5.56 Å². The smallest absolute Gasteiger partial charge is 0.257 e. The number of hydrogen-bond donors (Lipinski definition) is 2. The van der Waals surface area contributed by atoms with Crippen LogP contribution in [0.25, 0.3) is 0 Å². The molecule has 1 aromatic heterocycles. The number of nitrogens with zero attached hydrogens (tertiary/aromatic N) is 1. The standard InChI is InChI=1S/C14H14ClFN2O2/c1-2-3-10-13(19)17-12(18-14(10)20)6-8-4-5-9(16)7-11(8)15/h4-5,7H,2-3,6H2,1H3,(H2,17,18,19,20). The second kappa shape index (κ2) is 6.05. The van der Waals surface area contributed by atoms with E-state index in [-0.39, 0.29) is 28.4 Å². The molecular formula is C14H14ClFN2O2. The van der Waals surface area contributed by atoms with Crippen molar-refractivity contribution in [1.82, 2.24) is 9.97 Å². The highest BCUT2D eigenvalue weighted by Crippen LogP contribution is 2.20. The number of nitrogens with one attached hydrogen (secondary N) is 1. The quantitative estimate of drug-likeness (QED) is 0.912. The van der Waals surface area contributed by atoms with Crippen molar-refractivity contribution in [3.8, 4) is 5.88 Å². The van der Waals surface area contributed by atoms with Crippen LogP contribution in [0.15, 0.2) is 23.0 Å². The highest BCUT2D eigenvalue weighted by Gasteiger charge is 2.11. The van der Waals surface area contributed by atoms with Gasteiger partial charge in [0.1, 0.15) is 11.6 Å². The van der Waals surface area contributed by atoms with Gasteiger partial charge < -0.3 is 10.1 Å². The van der Waals surface area contributed by atoms with Crippen molar-refractivity contribution in [2.75, 3.05) is 0 Å². The average Bonchev–Trinajstić information content (AvgIpc) is 2.37. The van der Waals surface area contributed by atoms with Crippen LogP contribution in [0.4, 0.5) is 4.39 Å². The lowest BCUT2D eigenvalue weighted by atomic mass is 10.1. The summed E-state index contributed by atoms with van der Waals surface area (Å²) in [6.45, 7) is 1.91. The summed E-state index contributed by atoms with van der Waals surface area (Å²) in [5.74, 6) is -0.397. The van der Waals surface area contributed by atoms with E-state index in [0.717, 1.165) is 6.42 Å². The molecule has 6 heteroatoms. The van der Waals surface area contributed by atoms with Crippen molar-refractivity contribution >= 4 is 11.6 Å². The Bertz CT molecular complexity index is 685. The molecule has 0 saturated heterocycles. The van der Waals surface area contributed by atoms with Gasteiger partial charge in [-0.05, 0) is 24.1 Å². The number of aromatic amines is 1. The van der Waals surface area contributed by atoms with Gasteiger partial charge in [0.2, 0.25) is 5.88 Å². The van der Waals surface area contributed by atoms with E-state index in [2.05, 4.69) is 9.97 Å². The van der Waals surface area contributed by atoms with Gasteiger partial charge in [-0.15, -0.1) is 0 Å². The summed E-state index contributed by atoms with van der Waals surface area (Å²) in [5.41, 5.74) is 0.549. The number of halogens is 2. The Hall–Kier alpha value is -1.88. The Morgan fingerprint density at radius 1 is 1.45 bits per heavy atom. The first kappa shape index (κ1) is 14.5. The minimum Gasteiger partial charge on any atom is -0.493 e. The Kier molecular flexibility index (Phi) is 4.39. The van der Waals surface area contributed by atoms with Crippen LogP contribution in [0, 0.1) is 5.82 Å². The van der Waals surface area contributed by atoms with Crippen molar-refractivity contribution in [2.24, 2.45) is 0 Å². The zero-order valence-electron chi connectivity index (χ0n) is 10.9. The lowest BCUT2D eigenvalue weighted by Gasteiger charge is -2.07. The fraction of sp³-hybridized carbons (Fsp3) is 0.286. The molecule has 0 fully saturated rings. The Labute approximate surface area is 120 Å². The predicted octanol–water partition coefficient (Wildman–Crippen LogP) is 2.81. The minimum atomic E-state index is -0.429. The largest absolute Gasteiger partial charge is 0.493 e. The van der Waals surface area contributed by atoms with Crippen molar-refractivity contribution in [2.45, 2.75) is 26.2 Å². The molecule has 0 amide bonds. The second-order valence-electron chi connectivity index (χ2n) is 4.48. The fourth-order valence-corrected chi connectivity index (χ4v) is 2.17. The van der Waals surface area contributed by atoms with E-state index >= 15 is 0 Å². The van der Waals surface area contributed by atoms with Gasteiger partial charge in [0.15, 0.2) is 0 Å². The first-order chi connectivity index (χ1) is 9.51. The molecule has 0 saturated carbocycles. The van der Waals surface area contributed by atoms with Crippen molar-refractivity contribution in [3.63, 3.8) is 0 Å². The lowest BCUT2D eigenvalue weighted by molar-refractivity contribution is 0.439. The number of benzene rings is 1. The molecule has 1 heterocycles. The predicted molar refractivity (Wildman–Crippen MR) is 74.7 cm³/mol. The van der Waals surface area contributed by atoms with Gasteiger partial charge in [-0.25, -0.2) is 4.39 Å². The number of aromatic nitrogens is 2. The van der Waals surface area contributed by atoms with Crippen molar-refractivity contribution in [1.29, 1.82) is 0 Å². The summed E-state index contributed by atoms with van der Waals surface area (Å²) in [6, 6.07) is 4.00. The molecule has 0 spiro atoms. The van der Waals surface area contributed by atoms with Gasteiger partial charge in [-0.2, -0.15) is 4.98 Å². The van der Waals surface area contributed by atoms with E-state index in [4.69, 9.17) is 11.6 Å². The molecule has 0 unspecified atom stereocenters. The normalized spacial score (nSPS) is 10.8. The molecule has 106 valence electrons. The monoisotopic (exact) mass is 296 g/mol. The number of hydrogen-bond acceptors (Lipinski definition) is 3. The van der Waals surface area contributed by atoms with Gasteiger partial charge in [0, 0.05) is 11.4 Å². The zero-order valence-corrected chi connectivity index (χ0v) is 11.7. The maximum atomic E-state index is 13.0. The summed E-state index contributed by atoms with van der Waals surface area (Å²) < 4.78 is 13.0. The van der Waals surface area contributed by atoms with Crippen LogP contribution < -0.4 is 5.56 Å². The zero-order chi connectivity index (χ0) is 14.7. The molecule has 2 aromatic rings. The Balaban J connectivity index is 2.33. The second-order valence-corrected chi connectivity index (χ2v) is 4.88. The third-order valence-electron chi connectivity index (χ3n) is 2.92. The van der Waals surface area contributed by atoms with Crippen LogP contribution in [0.2, 0.25) is 5.02 Å². The molecule has 4 nitrogen and oxygen atoms in total. The fourth-order valence-electron chi connectivity index (χ4n) is 1.94. The lowest BCUT2D eigenvalue weighted by Crippen LogP contribution is -2.17. The molecule has 1 aromatic carbocycles. The maximum Gasteiger partial charge on any atom is 0.257 e. The summed E-state index contributed by atoms with van der Waals surface area (Å²) in [7, 11) is 0. The van der Waals surface area contributed by atoms with Crippen LogP contribution in [0.5, 0.6) is 5.88 Å². The summed E-state index contributed by atoms with van der Waals surface area (Å²) in [6.07, 6.45) is 1.42. The van der Waals surface area contributed by atoms with Crippen molar-refractivity contribution in [3.05, 3.63) is 56.3 Å². The average molecular weight is 297 g/mol. The topological polar surface area (TPSA) is 66.0 Å². The highest BCUT2D eigenvalue weighted by atomic mass is 35.5. The van der Waals surface area contributed by atoms with E-state index in [1.54, 1.807) is 0 Å². The molecule has 20 heavy (non-hydrogen) atoms. The molecular weight excluding hydrogens is 283 g/mol. The van der Waals surface area contributed by atoms with E-state index in [1.165, 1.54) is 18.2 Å². The van der Waals surface area contributed by atoms with Gasteiger partial charge in [0.25, 0.3) is 5.56 Å². The summed E-state index contributed by atoms with van der Waals surface area (Å²) >= 11 is 5.92. The maximum absolute atomic E-state index is 13.0. The molecule has 0 aliphatic rings. The third kappa shape index (κ3) is 3.17. The van der Waals surface area contributed by atoms with Crippen LogP contribution >= 0.6 is 11.6 Å². The van der Waals surface area contributed by atoms with Gasteiger partial charge in [-0.1, -0.05) is 31.0 Å². The van der Waals surface area contributed by atoms with E-state index < -0.39 is 5.82 Å². The summed E-state index contributed by atoms with van der Waals surface area (Å²) in [4.78, 5) is 18.4. The van der Waals surface area contributed by atoms with E-state index in [9.17, 15) is 14.3 Å². The molecule has 0 aliphatic carbocycles. The van der Waals surface area contributed by atoms with Gasteiger partial charge in [-0.3, -0.25) is 4.79 Å². The molecule has 2 N–H and O–H groups in total. The van der Waals surface area contributed by atoms with Crippen molar-refractivity contribution < 1.29 is 9.50 Å².